The lowest BCUT2D eigenvalue weighted by Gasteiger charge is -2.07. The molecule has 2 rings (SSSR count). The van der Waals surface area contributed by atoms with Gasteiger partial charge in [0.25, 0.3) is 0 Å². The maximum absolute atomic E-state index is 13.5. The molecule has 1 nitrogen and oxygen atoms in total. The van der Waals surface area contributed by atoms with Crippen molar-refractivity contribution in [2.24, 2.45) is 0 Å². The fourth-order valence-electron chi connectivity index (χ4n) is 1.53. The molecule has 0 atom stereocenters. The van der Waals surface area contributed by atoms with E-state index in [4.69, 9.17) is 23.2 Å². The lowest BCUT2D eigenvalue weighted by Crippen LogP contribution is -2.07. The van der Waals surface area contributed by atoms with Crippen molar-refractivity contribution in [2.75, 3.05) is 0 Å². The van der Waals surface area contributed by atoms with E-state index in [2.05, 4.69) is 0 Å². The van der Waals surface area contributed by atoms with E-state index in [1.807, 2.05) is 0 Å². The van der Waals surface area contributed by atoms with Gasteiger partial charge in [-0.3, -0.25) is 4.79 Å². The van der Waals surface area contributed by atoms with E-state index in [1.165, 1.54) is 24.3 Å². The summed E-state index contributed by atoms with van der Waals surface area (Å²) in [6.07, 6.45) is 0. The third-order valence-corrected chi connectivity index (χ3v) is 3.02. The largest absolute Gasteiger partial charge is 0.288 e. The molecule has 0 aromatic heterocycles. The number of carbonyl (C=O) groups is 1. The van der Waals surface area contributed by atoms with Gasteiger partial charge in [0, 0.05) is 0 Å². The normalized spacial score (nSPS) is 10.4. The Morgan fingerprint density at radius 2 is 1.50 bits per heavy atom. The van der Waals surface area contributed by atoms with Crippen LogP contribution in [0.3, 0.4) is 0 Å². The Labute approximate surface area is 112 Å². The van der Waals surface area contributed by atoms with Gasteiger partial charge in [0.1, 0.15) is 0 Å². The predicted octanol–water partition coefficient (Wildman–Crippen LogP) is 4.50. The predicted molar refractivity (Wildman–Crippen MR) is 66.3 cm³/mol. The lowest BCUT2D eigenvalue weighted by atomic mass is 10.0. The van der Waals surface area contributed by atoms with Crippen molar-refractivity contribution in [1.82, 2.24) is 0 Å². The Kier molecular flexibility index (Phi) is 3.64. The number of benzene rings is 2. The first-order valence-corrected chi connectivity index (χ1v) is 5.70. The number of rotatable bonds is 2. The summed E-state index contributed by atoms with van der Waals surface area (Å²) in [5, 5.41) is 0.187. The van der Waals surface area contributed by atoms with E-state index < -0.39 is 23.0 Å². The number of carbonyl (C=O) groups excluding carboxylic acids is 1. The summed E-state index contributed by atoms with van der Waals surface area (Å²) in [5.74, 6) is -3.05. The number of ketones is 1. The van der Waals surface area contributed by atoms with Crippen LogP contribution in [0.4, 0.5) is 8.78 Å². The highest BCUT2D eigenvalue weighted by atomic mass is 35.5. The standard InChI is InChI=1S/C13H6Cl2F2O/c14-8-4-2-5-9(15)11(8)13(18)7-3-1-6-10(16)12(7)17/h1-6H. The van der Waals surface area contributed by atoms with Gasteiger partial charge in [-0.05, 0) is 24.3 Å². The smallest absolute Gasteiger partial charge is 0.199 e. The van der Waals surface area contributed by atoms with Crippen molar-refractivity contribution in [1.29, 1.82) is 0 Å². The van der Waals surface area contributed by atoms with Crippen LogP contribution in [-0.2, 0) is 0 Å². The van der Waals surface area contributed by atoms with Crippen molar-refractivity contribution < 1.29 is 13.6 Å². The molecular weight excluding hydrogens is 281 g/mol. The van der Waals surface area contributed by atoms with Crippen molar-refractivity contribution in [3.63, 3.8) is 0 Å². The van der Waals surface area contributed by atoms with Crippen LogP contribution in [0, 0.1) is 11.6 Å². The summed E-state index contributed by atoms with van der Waals surface area (Å²) >= 11 is 11.7. The van der Waals surface area contributed by atoms with E-state index in [1.54, 1.807) is 6.07 Å². The average Bonchev–Trinajstić information content (AvgIpc) is 2.32. The number of halogens is 4. The minimum Gasteiger partial charge on any atom is -0.288 e. The molecule has 0 aliphatic carbocycles. The zero-order chi connectivity index (χ0) is 13.3. The first-order chi connectivity index (χ1) is 8.52. The Morgan fingerprint density at radius 3 is 2.11 bits per heavy atom. The summed E-state index contributed by atoms with van der Waals surface area (Å²) < 4.78 is 26.6. The summed E-state index contributed by atoms with van der Waals surface area (Å²) in [7, 11) is 0. The summed E-state index contributed by atoms with van der Waals surface area (Å²) in [6.45, 7) is 0. The van der Waals surface area contributed by atoms with Crippen LogP contribution >= 0.6 is 23.2 Å². The van der Waals surface area contributed by atoms with Crippen molar-refractivity contribution >= 4 is 29.0 Å². The molecule has 0 fully saturated rings. The van der Waals surface area contributed by atoms with Crippen molar-refractivity contribution in [2.45, 2.75) is 0 Å². The molecule has 0 bridgehead atoms. The van der Waals surface area contributed by atoms with Crippen LogP contribution in [0.25, 0.3) is 0 Å². The fourth-order valence-corrected chi connectivity index (χ4v) is 2.10. The molecule has 0 spiro atoms. The van der Waals surface area contributed by atoms with Gasteiger partial charge in [-0.2, -0.15) is 0 Å². The van der Waals surface area contributed by atoms with Gasteiger partial charge < -0.3 is 0 Å². The molecule has 0 saturated carbocycles. The van der Waals surface area contributed by atoms with Gasteiger partial charge in [0.2, 0.25) is 0 Å². The molecule has 0 amide bonds. The first-order valence-electron chi connectivity index (χ1n) is 4.95. The number of hydrogen-bond donors (Lipinski definition) is 0. The number of hydrogen-bond acceptors (Lipinski definition) is 1. The molecule has 92 valence electrons. The van der Waals surface area contributed by atoms with Crippen molar-refractivity contribution in [3.05, 3.63) is 69.2 Å². The average molecular weight is 287 g/mol. The van der Waals surface area contributed by atoms with Gasteiger partial charge in [0.05, 0.1) is 21.2 Å². The monoisotopic (exact) mass is 286 g/mol. The Bertz CT molecular complexity index is 606. The van der Waals surface area contributed by atoms with Crippen LogP contribution in [0.15, 0.2) is 36.4 Å². The van der Waals surface area contributed by atoms with Gasteiger partial charge in [-0.1, -0.05) is 35.3 Å². The molecule has 0 aliphatic heterocycles. The van der Waals surface area contributed by atoms with Crippen LogP contribution in [0.1, 0.15) is 15.9 Å². The molecule has 2 aromatic carbocycles. The maximum atomic E-state index is 13.5. The van der Waals surface area contributed by atoms with Gasteiger partial charge in [-0.25, -0.2) is 8.78 Å². The molecule has 0 saturated heterocycles. The second kappa shape index (κ2) is 5.04. The van der Waals surface area contributed by atoms with E-state index in [0.29, 0.717) is 0 Å². The van der Waals surface area contributed by atoms with Crippen LogP contribution < -0.4 is 0 Å². The lowest BCUT2D eigenvalue weighted by molar-refractivity contribution is 0.103. The second-order valence-electron chi connectivity index (χ2n) is 3.53. The quantitative estimate of drug-likeness (QED) is 0.743. The third kappa shape index (κ3) is 2.24. The maximum Gasteiger partial charge on any atom is 0.199 e. The molecule has 0 unspecified atom stereocenters. The molecule has 5 heteroatoms. The Morgan fingerprint density at radius 1 is 0.944 bits per heavy atom. The van der Waals surface area contributed by atoms with E-state index >= 15 is 0 Å². The minimum atomic E-state index is -1.21. The zero-order valence-electron chi connectivity index (χ0n) is 8.88. The van der Waals surface area contributed by atoms with Gasteiger partial charge >= 0.3 is 0 Å². The molecule has 0 radical (unpaired) electrons. The molecule has 2 aromatic rings. The van der Waals surface area contributed by atoms with E-state index in [-0.39, 0.29) is 15.6 Å². The highest BCUT2D eigenvalue weighted by molar-refractivity contribution is 6.41. The van der Waals surface area contributed by atoms with Gasteiger partial charge in [0.15, 0.2) is 17.4 Å². The highest BCUT2D eigenvalue weighted by Gasteiger charge is 2.21. The molecule has 0 heterocycles. The van der Waals surface area contributed by atoms with E-state index in [9.17, 15) is 13.6 Å². The summed E-state index contributed by atoms with van der Waals surface area (Å²) in [4.78, 5) is 12.1. The Balaban J connectivity index is 2.59. The van der Waals surface area contributed by atoms with Crippen molar-refractivity contribution in [3.8, 4) is 0 Å². The third-order valence-electron chi connectivity index (χ3n) is 2.39. The van der Waals surface area contributed by atoms with Crippen LogP contribution in [0.5, 0.6) is 0 Å². The molecular formula is C13H6Cl2F2O. The molecule has 0 N–H and O–H groups in total. The van der Waals surface area contributed by atoms with Crippen LogP contribution in [0.2, 0.25) is 10.0 Å². The summed E-state index contributed by atoms with van der Waals surface area (Å²) in [6, 6.07) is 7.83. The second-order valence-corrected chi connectivity index (χ2v) is 4.34. The topological polar surface area (TPSA) is 17.1 Å². The molecule has 18 heavy (non-hydrogen) atoms. The first kappa shape index (κ1) is 13.0. The highest BCUT2D eigenvalue weighted by Crippen LogP contribution is 2.28. The zero-order valence-corrected chi connectivity index (χ0v) is 10.4. The van der Waals surface area contributed by atoms with Gasteiger partial charge in [-0.15, -0.1) is 0 Å². The fraction of sp³-hybridized carbons (Fsp3) is 0. The minimum absolute atomic E-state index is 0.0367. The van der Waals surface area contributed by atoms with Crippen LogP contribution in [-0.4, -0.2) is 5.78 Å². The summed E-state index contributed by atoms with van der Waals surface area (Å²) in [5.41, 5.74) is -0.435. The Hall–Kier alpha value is -1.45. The molecule has 0 aliphatic rings. The van der Waals surface area contributed by atoms with E-state index in [0.717, 1.165) is 6.07 Å². The SMILES string of the molecule is O=C(c1cccc(F)c1F)c1c(Cl)cccc1Cl.